The normalized spacial score (nSPS) is 12.9. The number of aromatic nitrogens is 2. The molecule has 0 bridgehead atoms. The fourth-order valence-electron chi connectivity index (χ4n) is 3.07. The van der Waals surface area contributed by atoms with Crippen molar-refractivity contribution in [1.29, 1.82) is 0 Å². The summed E-state index contributed by atoms with van der Waals surface area (Å²) in [5.74, 6) is 2.86. The first-order valence-corrected chi connectivity index (χ1v) is 9.83. The fourth-order valence-corrected chi connectivity index (χ4v) is 3.80. The van der Waals surface area contributed by atoms with Gasteiger partial charge in [-0.25, -0.2) is 0 Å². The van der Waals surface area contributed by atoms with Crippen molar-refractivity contribution in [2.24, 2.45) is 0 Å². The highest BCUT2D eigenvalue weighted by molar-refractivity contribution is 7.99. The Hall–Kier alpha value is -2.80. The Morgan fingerprint density at radius 3 is 2.85 bits per heavy atom. The molecule has 0 spiro atoms. The van der Waals surface area contributed by atoms with Gasteiger partial charge in [-0.05, 0) is 42.3 Å². The Bertz CT molecular complexity index is 940. The molecule has 2 aromatic carbocycles. The van der Waals surface area contributed by atoms with Gasteiger partial charge in [0.1, 0.15) is 5.75 Å². The molecule has 2 heterocycles. The molecule has 27 heavy (non-hydrogen) atoms. The molecule has 0 radical (unpaired) electrons. The fraction of sp³-hybridized carbons (Fsp3) is 0.250. The van der Waals surface area contributed by atoms with E-state index in [2.05, 4.69) is 16.2 Å². The van der Waals surface area contributed by atoms with Crippen molar-refractivity contribution < 1.29 is 14.1 Å². The van der Waals surface area contributed by atoms with Gasteiger partial charge in [-0.2, -0.15) is 4.98 Å². The predicted molar refractivity (Wildman–Crippen MR) is 105 cm³/mol. The highest BCUT2D eigenvalue weighted by atomic mass is 32.2. The molecule has 3 aromatic rings. The van der Waals surface area contributed by atoms with Gasteiger partial charge in [-0.15, -0.1) is 11.8 Å². The zero-order chi connectivity index (χ0) is 18.6. The van der Waals surface area contributed by atoms with Crippen molar-refractivity contribution in [2.45, 2.75) is 12.2 Å². The van der Waals surface area contributed by atoms with Gasteiger partial charge >= 0.3 is 0 Å². The number of nitrogens with zero attached hydrogens (tertiary/aromatic N) is 3. The van der Waals surface area contributed by atoms with Crippen LogP contribution in [0.2, 0.25) is 0 Å². The first kappa shape index (κ1) is 17.6. The number of hydrogen-bond donors (Lipinski definition) is 0. The summed E-state index contributed by atoms with van der Waals surface area (Å²) in [4.78, 5) is 18.8. The van der Waals surface area contributed by atoms with E-state index in [0.717, 1.165) is 30.0 Å². The topological polar surface area (TPSA) is 68.5 Å². The molecule has 1 aliphatic heterocycles. The lowest BCUT2D eigenvalue weighted by molar-refractivity contribution is -0.116. The molecule has 138 valence electrons. The van der Waals surface area contributed by atoms with Crippen molar-refractivity contribution in [3.8, 4) is 17.2 Å². The number of carbonyl (C=O) groups excluding carboxylic acids is 1. The number of para-hydroxylation sites is 1. The number of rotatable bonds is 6. The number of methoxy groups -OCH3 is 1. The van der Waals surface area contributed by atoms with E-state index in [1.165, 1.54) is 17.3 Å². The maximum atomic E-state index is 12.5. The van der Waals surface area contributed by atoms with E-state index in [9.17, 15) is 4.79 Å². The zero-order valence-electron chi connectivity index (χ0n) is 14.9. The highest BCUT2D eigenvalue weighted by Gasteiger charge is 2.23. The highest BCUT2D eigenvalue weighted by Crippen LogP contribution is 2.28. The monoisotopic (exact) mass is 381 g/mol. The maximum absolute atomic E-state index is 12.5. The van der Waals surface area contributed by atoms with Gasteiger partial charge in [-0.3, -0.25) is 4.79 Å². The molecule has 0 atom stereocenters. The van der Waals surface area contributed by atoms with Gasteiger partial charge in [0, 0.05) is 17.8 Å². The van der Waals surface area contributed by atoms with Gasteiger partial charge in [-0.1, -0.05) is 23.4 Å². The smallest absolute Gasteiger partial charge is 0.257 e. The number of anilines is 1. The van der Waals surface area contributed by atoms with Crippen molar-refractivity contribution in [1.82, 2.24) is 10.1 Å². The van der Waals surface area contributed by atoms with Crippen LogP contribution in [-0.4, -0.2) is 35.5 Å². The molecule has 0 aliphatic carbocycles. The van der Waals surface area contributed by atoms with E-state index in [-0.39, 0.29) is 5.91 Å². The molecule has 0 unspecified atom stereocenters. The SMILES string of the molecule is COc1ccc(-c2nc(CSCC(=O)N3CCc4ccccc43)no2)cc1. The van der Waals surface area contributed by atoms with Crippen LogP contribution in [0.5, 0.6) is 5.75 Å². The summed E-state index contributed by atoms with van der Waals surface area (Å²) in [6, 6.07) is 15.5. The van der Waals surface area contributed by atoms with E-state index in [0.29, 0.717) is 23.2 Å². The number of carbonyl (C=O) groups is 1. The largest absolute Gasteiger partial charge is 0.497 e. The average Bonchev–Trinajstić information content (AvgIpc) is 3.35. The van der Waals surface area contributed by atoms with Crippen molar-refractivity contribution in [3.05, 3.63) is 59.9 Å². The average molecular weight is 381 g/mol. The van der Waals surface area contributed by atoms with E-state index in [4.69, 9.17) is 9.26 Å². The third-order valence-corrected chi connectivity index (χ3v) is 5.36. The number of fused-ring (bicyclic) bond motifs is 1. The number of benzene rings is 2. The lowest BCUT2D eigenvalue weighted by Crippen LogP contribution is -2.30. The van der Waals surface area contributed by atoms with Crippen LogP contribution in [0.1, 0.15) is 11.4 Å². The summed E-state index contributed by atoms with van der Waals surface area (Å²) in [5.41, 5.74) is 3.10. The molecule has 1 aromatic heterocycles. The molecule has 6 nitrogen and oxygen atoms in total. The summed E-state index contributed by atoms with van der Waals surface area (Å²) in [5, 5.41) is 4.00. The van der Waals surface area contributed by atoms with Gasteiger partial charge in [0.2, 0.25) is 5.91 Å². The first-order valence-electron chi connectivity index (χ1n) is 8.67. The Kier molecular flexibility index (Phi) is 5.11. The number of ether oxygens (including phenoxy) is 1. The zero-order valence-corrected chi connectivity index (χ0v) is 15.7. The Labute approximate surface area is 161 Å². The minimum absolute atomic E-state index is 0.115. The maximum Gasteiger partial charge on any atom is 0.257 e. The summed E-state index contributed by atoms with van der Waals surface area (Å²) >= 11 is 1.49. The van der Waals surface area contributed by atoms with Crippen LogP contribution in [0.3, 0.4) is 0 Å². The molecular weight excluding hydrogens is 362 g/mol. The lowest BCUT2D eigenvalue weighted by atomic mass is 10.2. The number of thioether (sulfide) groups is 1. The van der Waals surface area contributed by atoms with E-state index in [1.54, 1.807) is 7.11 Å². The van der Waals surface area contributed by atoms with Crippen LogP contribution in [0.25, 0.3) is 11.5 Å². The van der Waals surface area contributed by atoms with Crippen LogP contribution in [-0.2, 0) is 17.0 Å². The predicted octanol–water partition coefficient (Wildman–Crippen LogP) is 3.57. The van der Waals surface area contributed by atoms with E-state index >= 15 is 0 Å². The second kappa shape index (κ2) is 7.84. The summed E-state index contributed by atoms with van der Waals surface area (Å²) in [7, 11) is 1.62. The summed E-state index contributed by atoms with van der Waals surface area (Å²) in [6.45, 7) is 0.753. The molecule has 7 heteroatoms. The number of hydrogen-bond acceptors (Lipinski definition) is 6. The van der Waals surface area contributed by atoms with Gasteiger partial charge < -0.3 is 14.2 Å². The van der Waals surface area contributed by atoms with Crippen LogP contribution in [0.4, 0.5) is 5.69 Å². The van der Waals surface area contributed by atoms with Crippen LogP contribution < -0.4 is 9.64 Å². The second-order valence-corrected chi connectivity index (χ2v) is 7.15. The van der Waals surface area contributed by atoms with Gasteiger partial charge in [0.15, 0.2) is 5.82 Å². The van der Waals surface area contributed by atoms with Gasteiger partial charge in [0.05, 0.1) is 18.6 Å². The van der Waals surface area contributed by atoms with Crippen molar-refractivity contribution >= 4 is 23.4 Å². The molecule has 0 fully saturated rings. The minimum atomic E-state index is 0.115. The Morgan fingerprint density at radius 1 is 1.22 bits per heavy atom. The molecule has 1 amide bonds. The minimum Gasteiger partial charge on any atom is -0.497 e. The molecule has 0 saturated carbocycles. The number of amides is 1. The molecule has 0 N–H and O–H groups in total. The van der Waals surface area contributed by atoms with Crippen LogP contribution in [0.15, 0.2) is 53.1 Å². The summed E-state index contributed by atoms with van der Waals surface area (Å²) < 4.78 is 10.5. The Morgan fingerprint density at radius 2 is 2.04 bits per heavy atom. The van der Waals surface area contributed by atoms with E-state index in [1.807, 2.05) is 47.4 Å². The van der Waals surface area contributed by atoms with Crippen molar-refractivity contribution in [2.75, 3.05) is 24.3 Å². The quantitative estimate of drug-likeness (QED) is 0.650. The second-order valence-electron chi connectivity index (χ2n) is 6.16. The standard InChI is InChI=1S/C20H19N3O3S/c1-25-16-8-6-15(7-9-16)20-21-18(22-26-20)12-27-13-19(24)23-11-10-14-4-2-3-5-17(14)23/h2-9H,10-13H2,1H3. The Balaban J connectivity index is 1.32. The molecular formula is C20H19N3O3S. The van der Waals surface area contributed by atoms with Gasteiger partial charge in [0.25, 0.3) is 5.89 Å². The first-order chi connectivity index (χ1) is 13.2. The lowest BCUT2D eigenvalue weighted by Gasteiger charge is -2.16. The van der Waals surface area contributed by atoms with E-state index < -0.39 is 0 Å². The van der Waals surface area contributed by atoms with Crippen molar-refractivity contribution in [3.63, 3.8) is 0 Å². The summed E-state index contributed by atoms with van der Waals surface area (Å²) in [6.07, 6.45) is 0.919. The molecule has 1 aliphatic rings. The van der Waals surface area contributed by atoms with Crippen LogP contribution in [0, 0.1) is 0 Å². The van der Waals surface area contributed by atoms with Crippen LogP contribution >= 0.6 is 11.8 Å². The third kappa shape index (κ3) is 3.83. The molecule has 0 saturated heterocycles. The molecule has 4 rings (SSSR count). The third-order valence-electron chi connectivity index (χ3n) is 4.45.